The van der Waals surface area contributed by atoms with Gasteiger partial charge in [0, 0.05) is 13.0 Å². The minimum absolute atomic E-state index is 0.0316. The molecule has 0 amide bonds. The van der Waals surface area contributed by atoms with E-state index in [4.69, 9.17) is 4.74 Å². The zero-order valence-corrected chi connectivity index (χ0v) is 24.9. The molecule has 0 saturated heterocycles. The number of aliphatic hydroxyl groups is 1. The molecule has 0 aromatic carbocycles. The third kappa shape index (κ3) is 31.4. The third-order valence-corrected chi connectivity index (χ3v) is 7.08. The lowest BCUT2D eigenvalue weighted by Gasteiger charge is -2.13. The molecule has 0 rings (SSSR count). The molecule has 0 heterocycles. The summed E-state index contributed by atoms with van der Waals surface area (Å²) in [7, 11) is 0. The first-order valence-electron chi connectivity index (χ1n) is 15.9. The molecule has 3 heteroatoms. The lowest BCUT2D eigenvalue weighted by Crippen LogP contribution is -2.13. The Balaban J connectivity index is 0. The van der Waals surface area contributed by atoms with Gasteiger partial charge in [0.15, 0.2) is 0 Å². The molecule has 35 heavy (non-hydrogen) atoms. The van der Waals surface area contributed by atoms with Gasteiger partial charge in [-0.3, -0.25) is 4.79 Å². The fourth-order valence-corrected chi connectivity index (χ4v) is 4.35. The molecule has 0 aliphatic carbocycles. The quantitative estimate of drug-likeness (QED) is 0.100. The molecule has 0 aromatic heterocycles. The smallest absolute Gasteiger partial charge is 0.306 e. The van der Waals surface area contributed by atoms with E-state index in [2.05, 4.69) is 20.8 Å². The van der Waals surface area contributed by atoms with Crippen molar-refractivity contribution in [1.29, 1.82) is 0 Å². The van der Waals surface area contributed by atoms with Crippen molar-refractivity contribution in [3.8, 4) is 0 Å². The molecular formula is C32H66O3. The van der Waals surface area contributed by atoms with Crippen LogP contribution in [-0.2, 0) is 9.53 Å². The van der Waals surface area contributed by atoms with Crippen molar-refractivity contribution in [1.82, 2.24) is 0 Å². The van der Waals surface area contributed by atoms with Gasteiger partial charge in [-0.15, -0.1) is 0 Å². The second-order valence-corrected chi connectivity index (χ2v) is 10.7. The molecule has 3 nitrogen and oxygen atoms in total. The van der Waals surface area contributed by atoms with E-state index in [1.807, 2.05) is 13.8 Å². The fourth-order valence-electron chi connectivity index (χ4n) is 4.35. The Morgan fingerprint density at radius 1 is 0.600 bits per heavy atom. The first-order chi connectivity index (χ1) is 17.0. The fraction of sp³-hybridized carbons (Fsp3) is 0.969. The molecule has 0 aliphatic rings. The Hall–Kier alpha value is -0.570. The zero-order chi connectivity index (χ0) is 26.4. The van der Waals surface area contributed by atoms with E-state index in [-0.39, 0.29) is 12.1 Å². The summed E-state index contributed by atoms with van der Waals surface area (Å²) < 4.78 is 5.17. The zero-order valence-electron chi connectivity index (χ0n) is 24.9. The van der Waals surface area contributed by atoms with E-state index < -0.39 is 0 Å². The standard InChI is InChI=1S/C20H42O.C12H24O2/c1-3-5-7-9-11-12-14-16-18-20(19-21)17-15-13-10-8-6-4-2;1-4-6-7-8-9-10-12(13)14-11(3)5-2/h20-21H,3-19H2,1-2H3;11H,4-10H2,1-3H3. The van der Waals surface area contributed by atoms with Crippen molar-refractivity contribution in [2.45, 2.75) is 188 Å². The van der Waals surface area contributed by atoms with E-state index in [9.17, 15) is 9.90 Å². The lowest BCUT2D eigenvalue weighted by molar-refractivity contribution is -0.148. The van der Waals surface area contributed by atoms with Crippen LogP contribution >= 0.6 is 0 Å². The maximum atomic E-state index is 11.2. The molecule has 0 bridgehead atoms. The van der Waals surface area contributed by atoms with Gasteiger partial charge < -0.3 is 9.84 Å². The van der Waals surface area contributed by atoms with Gasteiger partial charge in [-0.25, -0.2) is 0 Å². The molecule has 2 atom stereocenters. The van der Waals surface area contributed by atoms with Gasteiger partial charge in [-0.1, -0.05) is 143 Å². The highest BCUT2D eigenvalue weighted by Crippen LogP contribution is 2.19. The number of aliphatic hydroxyl groups excluding tert-OH is 1. The summed E-state index contributed by atoms with van der Waals surface area (Å²) >= 11 is 0. The predicted octanol–water partition coefficient (Wildman–Crippen LogP) is 10.6. The number of hydrogen-bond acceptors (Lipinski definition) is 3. The van der Waals surface area contributed by atoms with Crippen molar-refractivity contribution >= 4 is 5.97 Å². The van der Waals surface area contributed by atoms with E-state index in [0.717, 1.165) is 19.3 Å². The predicted molar refractivity (Wildman–Crippen MR) is 155 cm³/mol. The van der Waals surface area contributed by atoms with Gasteiger partial charge in [0.05, 0.1) is 6.10 Å². The van der Waals surface area contributed by atoms with Crippen LogP contribution in [0.25, 0.3) is 0 Å². The van der Waals surface area contributed by atoms with Gasteiger partial charge in [0.2, 0.25) is 0 Å². The number of carbonyl (C=O) groups is 1. The number of unbranched alkanes of at least 4 members (excludes halogenated alkanes) is 16. The number of carbonyl (C=O) groups excluding carboxylic acids is 1. The SMILES string of the molecule is CCCCCCCC(=O)OC(C)CC.CCCCCCCCCCC(CO)CCCCCCCC. The maximum Gasteiger partial charge on any atom is 0.306 e. The number of hydrogen-bond donors (Lipinski definition) is 1. The van der Waals surface area contributed by atoms with Gasteiger partial charge in [-0.05, 0) is 38.5 Å². The largest absolute Gasteiger partial charge is 0.463 e. The summed E-state index contributed by atoms with van der Waals surface area (Å²) in [6.07, 6.45) is 29.3. The van der Waals surface area contributed by atoms with Gasteiger partial charge in [0.25, 0.3) is 0 Å². The third-order valence-electron chi connectivity index (χ3n) is 7.08. The molecule has 0 aromatic rings. The summed E-state index contributed by atoms with van der Waals surface area (Å²) in [5.41, 5.74) is 0. The summed E-state index contributed by atoms with van der Waals surface area (Å²) in [6.45, 7) is 11.1. The highest BCUT2D eigenvalue weighted by Gasteiger charge is 2.07. The Morgan fingerprint density at radius 3 is 1.34 bits per heavy atom. The van der Waals surface area contributed by atoms with Gasteiger partial charge in [0.1, 0.15) is 0 Å². The molecular weight excluding hydrogens is 432 g/mol. The second kappa shape index (κ2) is 31.5. The number of esters is 1. The van der Waals surface area contributed by atoms with Crippen LogP contribution in [0.2, 0.25) is 0 Å². The van der Waals surface area contributed by atoms with Gasteiger partial charge >= 0.3 is 5.97 Å². The van der Waals surface area contributed by atoms with E-state index in [1.165, 1.54) is 122 Å². The molecule has 0 fully saturated rings. The van der Waals surface area contributed by atoms with Crippen molar-refractivity contribution in [2.24, 2.45) is 5.92 Å². The van der Waals surface area contributed by atoms with Crippen LogP contribution in [0.1, 0.15) is 182 Å². The van der Waals surface area contributed by atoms with Crippen LogP contribution in [0, 0.1) is 5.92 Å². The first kappa shape index (κ1) is 36.6. The minimum atomic E-state index is -0.0316. The van der Waals surface area contributed by atoms with Gasteiger partial charge in [-0.2, -0.15) is 0 Å². The van der Waals surface area contributed by atoms with Crippen LogP contribution in [0.3, 0.4) is 0 Å². The second-order valence-electron chi connectivity index (χ2n) is 10.7. The maximum absolute atomic E-state index is 11.2. The van der Waals surface area contributed by atoms with Crippen molar-refractivity contribution < 1.29 is 14.6 Å². The van der Waals surface area contributed by atoms with E-state index in [0.29, 0.717) is 18.9 Å². The summed E-state index contributed by atoms with van der Waals surface area (Å²) in [4.78, 5) is 11.2. The monoisotopic (exact) mass is 499 g/mol. The van der Waals surface area contributed by atoms with Crippen LogP contribution < -0.4 is 0 Å². The minimum Gasteiger partial charge on any atom is -0.463 e. The van der Waals surface area contributed by atoms with Crippen LogP contribution in [0.5, 0.6) is 0 Å². The van der Waals surface area contributed by atoms with E-state index in [1.54, 1.807) is 0 Å². The molecule has 0 spiro atoms. The normalized spacial score (nSPS) is 12.6. The average Bonchev–Trinajstić information content (AvgIpc) is 2.86. The van der Waals surface area contributed by atoms with Crippen molar-refractivity contribution in [3.63, 3.8) is 0 Å². The number of rotatable bonds is 25. The van der Waals surface area contributed by atoms with Crippen LogP contribution in [0.4, 0.5) is 0 Å². The molecule has 0 aliphatic heterocycles. The molecule has 1 N–H and O–H groups in total. The lowest BCUT2D eigenvalue weighted by atomic mass is 9.95. The highest BCUT2D eigenvalue weighted by atomic mass is 16.5. The topological polar surface area (TPSA) is 46.5 Å². The van der Waals surface area contributed by atoms with Crippen molar-refractivity contribution in [2.75, 3.05) is 6.61 Å². The molecule has 0 saturated carbocycles. The van der Waals surface area contributed by atoms with Crippen molar-refractivity contribution in [3.05, 3.63) is 0 Å². The summed E-state index contributed by atoms with van der Waals surface area (Å²) in [5.74, 6) is 0.548. The van der Waals surface area contributed by atoms with E-state index >= 15 is 0 Å². The Morgan fingerprint density at radius 2 is 0.971 bits per heavy atom. The molecule has 2 unspecified atom stereocenters. The Labute approximate surface area is 221 Å². The summed E-state index contributed by atoms with van der Waals surface area (Å²) in [5, 5.41) is 9.47. The molecule has 212 valence electrons. The Kier molecular flexibility index (Phi) is 32.9. The average molecular weight is 499 g/mol. The Bertz CT molecular complexity index is 396. The highest BCUT2D eigenvalue weighted by molar-refractivity contribution is 5.69. The van der Waals surface area contributed by atoms with Crippen LogP contribution in [0.15, 0.2) is 0 Å². The van der Waals surface area contributed by atoms with Crippen LogP contribution in [-0.4, -0.2) is 23.8 Å². The number of ether oxygens (including phenoxy) is 1. The first-order valence-corrected chi connectivity index (χ1v) is 15.9. The summed E-state index contributed by atoms with van der Waals surface area (Å²) in [6, 6.07) is 0. The molecule has 0 radical (unpaired) electrons.